The van der Waals surface area contributed by atoms with Gasteiger partial charge in [0.1, 0.15) is 0 Å². The van der Waals surface area contributed by atoms with Crippen LogP contribution in [0.15, 0.2) is 5.11 Å². The van der Waals surface area contributed by atoms with Crippen molar-refractivity contribution in [2.24, 2.45) is 15.9 Å². The Morgan fingerprint density at radius 2 is 1.25 bits per heavy atom. The van der Waals surface area contributed by atoms with Crippen LogP contribution >= 0.6 is 0 Å². The molecule has 0 radical (unpaired) electrons. The van der Waals surface area contributed by atoms with Gasteiger partial charge in [0, 0.05) is 10.5 Å². The first-order valence-electron chi connectivity index (χ1n) is 5.60. The average molecular weight is 227 g/mol. The van der Waals surface area contributed by atoms with Gasteiger partial charge in [-0.15, -0.1) is 0 Å². The second kappa shape index (κ2) is 3.94. The van der Waals surface area contributed by atoms with E-state index in [2.05, 4.69) is 10.0 Å². The van der Waals surface area contributed by atoms with Gasteiger partial charge in [0.2, 0.25) is 0 Å². The highest BCUT2D eigenvalue weighted by atomic mass is 16.3. The molecule has 94 valence electrons. The molecule has 0 aliphatic rings. The molecule has 4 nitrogen and oxygen atoms in total. The standard InChI is InChI=1S/C12H25N3O/c1-9(2,11(5,6)14-15-13)10(3,4)12(7,8)16/h16H,1-8H3. The topological polar surface area (TPSA) is 69.0 Å². The average Bonchev–Trinajstić information content (AvgIpc) is 2.01. The molecular weight excluding hydrogens is 202 g/mol. The van der Waals surface area contributed by atoms with Gasteiger partial charge >= 0.3 is 0 Å². The quantitative estimate of drug-likeness (QED) is 0.441. The van der Waals surface area contributed by atoms with Gasteiger partial charge in [-0.05, 0) is 30.2 Å². The van der Waals surface area contributed by atoms with Crippen molar-refractivity contribution in [2.75, 3.05) is 0 Å². The van der Waals surface area contributed by atoms with Gasteiger partial charge in [-0.1, -0.05) is 46.7 Å². The summed E-state index contributed by atoms with van der Waals surface area (Å²) >= 11 is 0. The van der Waals surface area contributed by atoms with Crippen LogP contribution in [-0.4, -0.2) is 16.2 Å². The van der Waals surface area contributed by atoms with E-state index in [-0.39, 0.29) is 5.41 Å². The van der Waals surface area contributed by atoms with E-state index < -0.39 is 16.6 Å². The zero-order valence-corrected chi connectivity index (χ0v) is 11.8. The van der Waals surface area contributed by atoms with Gasteiger partial charge in [-0.3, -0.25) is 0 Å². The molecule has 0 aromatic rings. The Labute approximate surface area is 98.7 Å². The fraction of sp³-hybridized carbons (Fsp3) is 1.00. The Morgan fingerprint density at radius 3 is 1.50 bits per heavy atom. The SMILES string of the molecule is CC(C)(O)C(C)(C)C(C)(C)C(C)(C)N=[N+]=[N-]. The lowest BCUT2D eigenvalue weighted by Crippen LogP contribution is -2.56. The Kier molecular flexibility index (Phi) is 3.76. The number of hydrogen-bond acceptors (Lipinski definition) is 2. The van der Waals surface area contributed by atoms with Crippen molar-refractivity contribution in [3.63, 3.8) is 0 Å². The fourth-order valence-electron chi connectivity index (χ4n) is 1.77. The number of nitrogens with zero attached hydrogens (tertiary/aromatic N) is 3. The van der Waals surface area contributed by atoms with Gasteiger partial charge in [0.15, 0.2) is 0 Å². The van der Waals surface area contributed by atoms with Crippen LogP contribution in [0.2, 0.25) is 0 Å². The van der Waals surface area contributed by atoms with E-state index in [1.807, 2.05) is 41.5 Å². The first-order chi connectivity index (χ1) is 6.81. The lowest BCUT2D eigenvalue weighted by Gasteiger charge is -2.55. The predicted octanol–water partition coefficient (Wildman–Crippen LogP) is 3.90. The minimum atomic E-state index is -0.848. The van der Waals surface area contributed by atoms with E-state index in [9.17, 15) is 5.11 Å². The predicted molar refractivity (Wildman–Crippen MR) is 67.1 cm³/mol. The summed E-state index contributed by atoms with van der Waals surface area (Å²) in [5.74, 6) is 0. The monoisotopic (exact) mass is 227 g/mol. The van der Waals surface area contributed by atoms with Crippen LogP contribution < -0.4 is 0 Å². The molecule has 0 aliphatic heterocycles. The molecule has 16 heavy (non-hydrogen) atoms. The maximum Gasteiger partial charge on any atom is 0.0647 e. The van der Waals surface area contributed by atoms with Crippen LogP contribution in [0.5, 0.6) is 0 Å². The van der Waals surface area contributed by atoms with E-state index in [1.54, 1.807) is 13.8 Å². The lowest BCUT2D eigenvalue weighted by molar-refractivity contribution is -0.123. The summed E-state index contributed by atoms with van der Waals surface area (Å²) in [6.45, 7) is 15.4. The maximum atomic E-state index is 10.3. The van der Waals surface area contributed by atoms with Gasteiger partial charge < -0.3 is 5.11 Å². The van der Waals surface area contributed by atoms with Crippen LogP contribution in [0.1, 0.15) is 55.4 Å². The molecule has 0 aromatic heterocycles. The van der Waals surface area contributed by atoms with Crippen LogP contribution in [0.4, 0.5) is 0 Å². The summed E-state index contributed by atoms with van der Waals surface area (Å²) in [4.78, 5) is 2.91. The van der Waals surface area contributed by atoms with Crippen molar-refractivity contribution >= 4 is 0 Å². The highest BCUT2D eigenvalue weighted by molar-refractivity contribution is 5.06. The van der Waals surface area contributed by atoms with E-state index in [4.69, 9.17) is 5.53 Å². The summed E-state index contributed by atoms with van der Waals surface area (Å²) in [7, 11) is 0. The second-order valence-corrected chi connectivity index (χ2v) is 6.56. The molecule has 0 aromatic carbocycles. The molecule has 0 atom stereocenters. The minimum Gasteiger partial charge on any atom is -0.390 e. The van der Waals surface area contributed by atoms with E-state index in [1.165, 1.54) is 0 Å². The van der Waals surface area contributed by atoms with Crippen LogP contribution in [0, 0.1) is 10.8 Å². The largest absolute Gasteiger partial charge is 0.390 e. The molecule has 0 fully saturated rings. The first kappa shape index (κ1) is 15.3. The zero-order chi connectivity index (χ0) is 13.4. The molecule has 0 spiro atoms. The Bertz CT molecular complexity index is 305. The molecular formula is C12H25N3O. The molecule has 0 unspecified atom stereocenters. The van der Waals surface area contributed by atoms with Gasteiger partial charge in [-0.2, -0.15) is 0 Å². The number of aliphatic hydroxyl groups is 1. The minimum absolute atomic E-state index is 0.343. The Balaban J connectivity index is 5.61. The van der Waals surface area contributed by atoms with Crippen molar-refractivity contribution in [2.45, 2.75) is 66.5 Å². The first-order valence-corrected chi connectivity index (χ1v) is 5.60. The smallest absolute Gasteiger partial charge is 0.0647 e. The van der Waals surface area contributed by atoms with Crippen molar-refractivity contribution in [1.82, 2.24) is 0 Å². The molecule has 4 heteroatoms. The lowest BCUT2D eigenvalue weighted by atomic mass is 9.53. The van der Waals surface area contributed by atoms with Crippen molar-refractivity contribution in [1.29, 1.82) is 0 Å². The summed E-state index contributed by atoms with van der Waals surface area (Å²) in [6.07, 6.45) is 0. The van der Waals surface area contributed by atoms with Crippen molar-refractivity contribution in [3.05, 3.63) is 10.4 Å². The van der Waals surface area contributed by atoms with Gasteiger partial charge in [-0.25, -0.2) is 0 Å². The third-order valence-electron chi connectivity index (χ3n) is 4.92. The van der Waals surface area contributed by atoms with Gasteiger partial charge in [0.25, 0.3) is 0 Å². The summed E-state index contributed by atoms with van der Waals surface area (Å²) < 4.78 is 0. The number of hydrogen-bond donors (Lipinski definition) is 1. The number of azide groups is 1. The Hall–Kier alpha value is -0.730. The van der Waals surface area contributed by atoms with Crippen LogP contribution in [-0.2, 0) is 0 Å². The summed E-state index contributed by atoms with van der Waals surface area (Å²) in [5.41, 5.74) is 6.48. The highest BCUT2D eigenvalue weighted by Crippen LogP contribution is 2.53. The molecule has 0 rings (SSSR count). The third kappa shape index (κ3) is 2.18. The van der Waals surface area contributed by atoms with Crippen molar-refractivity contribution < 1.29 is 5.11 Å². The normalized spacial score (nSPS) is 14.6. The zero-order valence-electron chi connectivity index (χ0n) is 11.8. The molecule has 0 bridgehead atoms. The Morgan fingerprint density at radius 1 is 0.875 bits per heavy atom. The van der Waals surface area contributed by atoms with E-state index in [0.29, 0.717) is 0 Å². The molecule has 0 heterocycles. The van der Waals surface area contributed by atoms with E-state index >= 15 is 0 Å². The molecule has 0 saturated carbocycles. The van der Waals surface area contributed by atoms with Crippen molar-refractivity contribution in [3.8, 4) is 0 Å². The number of rotatable bonds is 4. The van der Waals surface area contributed by atoms with Gasteiger partial charge in [0.05, 0.1) is 5.60 Å². The van der Waals surface area contributed by atoms with Crippen LogP contribution in [0.25, 0.3) is 10.4 Å². The summed E-state index contributed by atoms with van der Waals surface area (Å²) in [5, 5.41) is 14.2. The second-order valence-electron chi connectivity index (χ2n) is 6.56. The molecule has 0 aliphatic carbocycles. The highest BCUT2D eigenvalue weighted by Gasteiger charge is 2.53. The molecule has 0 amide bonds. The van der Waals surface area contributed by atoms with E-state index in [0.717, 1.165) is 0 Å². The molecule has 0 saturated heterocycles. The maximum absolute atomic E-state index is 10.3. The van der Waals surface area contributed by atoms with Crippen LogP contribution in [0.3, 0.4) is 0 Å². The summed E-state index contributed by atoms with van der Waals surface area (Å²) in [6, 6.07) is 0. The molecule has 1 N–H and O–H groups in total. The fourth-order valence-corrected chi connectivity index (χ4v) is 1.77. The third-order valence-corrected chi connectivity index (χ3v) is 4.92.